The van der Waals surface area contributed by atoms with Crippen molar-refractivity contribution in [2.75, 3.05) is 39.6 Å². The topological polar surface area (TPSA) is 237 Å². The molecule has 0 saturated carbocycles. The minimum absolute atomic E-state index is 0.106. The Morgan fingerprint density at radius 2 is 0.523 bits per heavy atom. The molecule has 19 heteroatoms. The van der Waals surface area contributed by atoms with Crippen LogP contribution >= 0.6 is 15.6 Å². The first kappa shape index (κ1) is 86.1. The minimum atomic E-state index is -4.95. The first-order valence-electron chi connectivity index (χ1n) is 36.0. The van der Waals surface area contributed by atoms with Gasteiger partial charge in [-0.15, -0.1) is 0 Å². The molecule has 0 aliphatic carbocycles. The molecule has 0 aromatic carbocycles. The number of carbonyl (C=O) groups excluding carboxylic acids is 4. The van der Waals surface area contributed by atoms with Gasteiger partial charge in [0.05, 0.1) is 26.4 Å². The van der Waals surface area contributed by atoms with Crippen LogP contribution < -0.4 is 0 Å². The number of hydrogen-bond donors (Lipinski definition) is 3. The fourth-order valence-corrected chi connectivity index (χ4v) is 12.0. The van der Waals surface area contributed by atoms with Crippen LogP contribution in [0.25, 0.3) is 0 Å². The van der Waals surface area contributed by atoms with Gasteiger partial charge in [0.25, 0.3) is 0 Å². The number of ether oxygens (including phenoxy) is 4. The van der Waals surface area contributed by atoms with E-state index in [4.69, 9.17) is 37.0 Å². The van der Waals surface area contributed by atoms with Crippen molar-refractivity contribution >= 4 is 39.5 Å². The Hall–Kier alpha value is -1.94. The zero-order valence-corrected chi connectivity index (χ0v) is 58.8. The molecule has 0 aromatic heterocycles. The molecule has 0 amide bonds. The van der Waals surface area contributed by atoms with Crippen molar-refractivity contribution in [2.45, 2.75) is 368 Å². The van der Waals surface area contributed by atoms with E-state index in [1.807, 2.05) is 0 Å². The summed E-state index contributed by atoms with van der Waals surface area (Å²) in [5, 5.41) is 10.6. The third kappa shape index (κ3) is 62.8. The molecule has 0 aromatic rings. The van der Waals surface area contributed by atoms with Gasteiger partial charge in [0.15, 0.2) is 12.2 Å². The van der Waals surface area contributed by atoms with E-state index < -0.39 is 97.5 Å². The molecule has 0 bridgehead atoms. The van der Waals surface area contributed by atoms with Crippen molar-refractivity contribution < 1.29 is 80.2 Å². The maximum atomic E-state index is 13.0. The summed E-state index contributed by atoms with van der Waals surface area (Å²) in [5.74, 6) is -0.560. The Bertz CT molecular complexity index is 1720. The number of aliphatic hydroxyl groups is 1. The lowest BCUT2D eigenvalue weighted by atomic mass is 10.0. The molecule has 0 radical (unpaired) electrons. The van der Waals surface area contributed by atoms with Crippen molar-refractivity contribution in [1.29, 1.82) is 0 Å². The Morgan fingerprint density at radius 1 is 0.307 bits per heavy atom. The number of unbranched alkanes of at least 4 members (excludes halogenated alkanes) is 38. The number of aliphatic hydroxyl groups excluding tert-OH is 1. The molecule has 0 heterocycles. The molecule has 0 spiro atoms. The van der Waals surface area contributed by atoms with Gasteiger partial charge in [-0.1, -0.05) is 298 Å². The van der Waals surface area contributed by atoms with Gasteiger partial charge in [0.2, 0.25) is 0 Å². The van der Waals surface area contributed by atoms with Gasteiger partial charge in [-0.2, -0.15) is 0 Å². The molecule has 522 valence electrons. The molecule has 0 fully saturated rings. The zero-order chi connectivity index (χ0) is 65.0. The summed E-state index contributed by atoms with van der Waals surface area (Å²) in [7, 11) is -9.89. The summed E-state index contributed by atoms with van der Waals surface area (Å²) in [6.07, 6.45) is 45.8. The lowest BCUT2D eigenvalue weighted by Gasteiger charge is -2.21. The van der Waals surface area contributed by atoms with E-state index in [0.717, 1.165) is 108 Å². The van der Waals surface area contributed by atoms with E-state index in [9.17, 15) is 43.2 Å². The predicted molar refractivity (Wildman–Crippen MR) is 354 cm³/mol. The SMILES string of the molecule is CCCCCCCCCCCC(=O)O[C@H](COC(=O)CCCCCCCCCC)COP(=O)(O)OC[C@H](O)COP(=O)(O)OC[C@@H](COC(=O)CCCCCCCCCCCCCCC(C)C)OC(=O)CCCCCCCCCCCCCCCC(C)C. The van der Waals surface area contributed by atoms with Crippen LogP contribution in [0.15, 0.2) is 0 Å². The molecule has 0 aliphatic rings. The molecule has 5 atom stereocenters. The van der Waals surface area contributed by atoms with Crippen LogP contribution in [0.5, 0.6) is 0 Å². The third-order valence-corrected chi connectivity index (χ3v) is 17.9. The fraction of sp³-hybridized carbons (Fsp3) is 0.942. The van der Waals surface area contributed by atoms with Crippen LogP contribution in [0, 0.1) is 11.8 Å². The lowest BCUT2D eigenvalue weighted by molar-refractivity contribution is -0.161. The van der Waals surface area contributed by atoms with Crippen LogP contribution in [0.3, 0.4) is 0 Å². The van der Waals surface area contributed by atoms with Crippen LogP contribution in [-0.4, -0.2) is 96.7 Å². The molecule has 0 rings (SSSR count). The van der Waals surface area contributed by atoms with E-state index in [1.54, 1.807) is 0 Å². The van der Waals surface area contributed by atoms with Crippen molar-refractivity contribution in [3.8, 4) is 0 Å². The van der Waals surface area contributed by atoms with Crippen LogP contribution in [0.1, 0.15) is 350 Å². The highest BCUT2D eigenvalue weighted by atomic mass is 31.2. The van der Waals surface area contributed by atoms with Crippen molar-refractivity contribution in [3.05, 3.63) is 0 Å². The molecule has 0 aliphatic heterocycles. The molecule has 3 N–H and O–H groups in total. The monoisotopic (exact) mass is 1300 g/mol. The first-order chi connectivity index (χ1) is 42.4. The average molecular weight is 1300 g/mol. The van der Waals surface area contributed by atoms with Crippen molar-refractivity contribution in [3.63, 3.8) is 0 Å². The molecule has 0 saturated heterocycles. The smallest absolute Gasteiger partial charge is 0.462 e. The van der Waals surface area contributed by atoms with Crippen molar-refractivity contribution in [1.82, 2.24) is 0 Å². The number of phosphoric ester groups is 2. The maximum absolute atomic E-state index is 13.0. The number of rotatable bonds is 68. The third-order valence-electron chi connectivity index (χ3n) is 16.0. The number of esters is 4. The minimum Gasteiger partial charge on any atom is -0.462 e. The van der Waals surface area contributed by atoms with E-state index in [0.29, 0.717) is 25.7 Å². The quantitative estimate of drug-likeness (QED) is 0.0222. The second-order valence-electron chi connectivity index (χ2n) is 25.9. The Kier molecular flexibility index (Phi) is 59.9. The van der Waals surface area contributed by atoms with E-state index in [1.165, 1.54) is 161 Å². The maximum Gasteiger partial charge on any atom is 0.472 e. The summed E-state index contributed by atoms with van der Waals surface area (Å²) >= 11 is 0. The lowest BCUT2D eigenvalue weighted by Crippen LogP contribution is -2.30. The van der Waals surface area contributed by atoms with E-state index >= 15 is 0 Å². The van der Waals surface area contributed by atoms with Gasteiger partial charge < -0.3 is 33.8 Å². The van der Waals surface area contributed by atoms with Gasteiger partial charge in [-0.3, -0.25) is 37.3 Å². The summed E-state index contributed by atoms with van der Waals surface area (Å²) in [5.41, 5.74) is 0. The summed E-state index contributed by atoms with van der Waals surface area (Å²) < 4.78 is 68.1. The molecular formula is C69H134O17P2. The van der Waals surface area contributed by atoms with Crippen LogP contribution in [0.4, 0.5) is 0 Å². The normalized spacial score (nSPS) is 14.2. The molecule has 2 unspecified atom stereocenters. The zero-order valence-electron chi connectivity index (χ0n) is 57.0. The number of hydrogen-bond acceptors (Lipinski definition) is 15. The summed E-state index contributed by atoms with van der Waals surface area (Å²) in [6.45, 7) is 9.53. The number of phosphoric acid groups is 2. The Morgan fingerprint density at radius 3 is 0.773 bits per heavy atom. The number of carbonyl (C=O) groups is 4. The van der Waals surface area contributed by atoms with E-state index in [-0.39, 0.29) is 25.7 Å². The summed E-state index contributed by atoms with van der Waals surface area (Å²) in [6, 6.07) is 0. The Labute approximate surface area is 537 Å². The molecule has 17 nitrogen and oxygen atoms in total. The standard InChI is InChI=1S/C69H134O17P2/c1-7-9-11-13-15-26-35-41-47-53-68(73)85-64(57-79-66(71)51-45-39-33-16-14-12-10-8-2)59-83-87(75,76)81-55-63(70)56-82-88(77,78)84-60-65(58-80-67(72)52-46-40-34-29-24-21-20-23-28-32-38-44-50-62(5)6)86-69(74)54-48-42-36-30-25-19-17-18-22-27-31-37-43-49-61(3)4/h61-65,70H,7-60H2,1-6H3,(H,75,76)(H,77,78)/t63-,64+,65+/m0/s1. The van der Waals surface area contributed by atoms with Gasteiger partial charge in [-0.25, -0.2) is 9.13 Å². The van der Waals surface area contributed by atoms with E-state index in [2.05, 4.69) is 41.5 Å². The highest BCUT2D eigenvalue weighted by Crippen LogP contribution is 2.45. The van der Waals surface area contributed by atoms with Crippen LogP contribution in [0.2, 0.25) is 0 Å². The molecular weight excluding hydrogens is 1160 g/mol. The summed E-state index contributed by atoms with van der Waals surface area (Å²) in [4.78, 5) is 72.4. The highest BCUT2D eigenvalue weighted by molar-refractivity contribution is 7.47. The van der Waals surface area contributed by atoms with Gasteiger partial charge >= 0.3 is 39.5 Å². The second kappa shape index (κ2) is 61.3. The second-order valence-corrected chi connectivity index (χ2v) is 28.8. The largest absolute Gasteiger partial charge is 0.472 e. The van der Waals surface area contributed by atoms with Crippen molar-refractivity contribution in [2.24, 2.45) is 11.8 Å². The average Bonchev–Trinajstić information content (AvgIpc) is 3.62. The van der Waals surface area contributed by atoms with Gasteiger partial charge in [-0.05, 0) is 37.5 Å². The molecule has 88 heavy (non-hydrogen) atoms. The van der Waals surface area contributed by atoms with Gasteiger partial charge in [0, 0.05) is 25.7 Å². The van der Waals surface area contributed by atoms with Crippen LogP contribution in [-0.2, 0) is 65.4 Å². The fourth-order valence-electron chi connectivity index (χ4n) is 10.4. The van der Waals surface area contributed by atoms with Gasteiger partial charge in [0.1, 0.15) is 19.3 Å². The predicted octanol–water partition coefficient (Wildman–Crippen LogP) is 19.6. The Balaban J connectivity index is 5.21. The highest BCUT2D eigenvalue weighted by Gasteiger charge is 2.30. The first-order valence-corrected chi connectivity index (χ1v) is 39.0.